The van der Waals surface area contributed by atoms with Gasteiger partial charge in [0.15, 0.2) is 0 Å². The first-order valence-corrected chi connectivity index (χ1v) is 8.92. The number of thioether (sulfide) groups is 1. The van der Waals surface area contributed by atoms with Crippen molar-refractivity contribution in [3.8, 4) is 0 Å². The summed E-state index contributed by atoms with van der Waals surface area (Å²) in [6.07, 6.45) is 14.4. The number of hydrogen-bond donors (Lipinski definition) is 1. The number of aromatic nitrogens is 2. The molecule has 1 aromatic rings. The van der Waals surface area contributed by atoms with Crippen LogP contribution in [0.5, 0.6) is 0 Å². The van der Waals surface area contributed by atoms with Gasteiger partial charge in [-0.05, 0) is 57.9 Å². The molecule has 3 nitrogen and oxygen atoms in total. The van der Waals surface area contributed by atoms with Crippen LogP contribution in [0, 0.1) is 0 Å². The standard InChI is InChI=1S/C15H25N3S/c1-19-14-4-2-13(3-5-14)18-11-17-10-15(18)12-6-8-16-9-7-12/h10-14,16H,2-9H2,1H3. The second kappa shape index (κ2) is 6.31. The summed E-state index contributed by atoms with van der Waals surface area (Å²) in [5, 5.41) is 4.35. The summed E-state index contributed by atoms with van der Waals surface area (Å²) in [6, 6.07) is 0.704. The van der Waals surface area contributed by atoms with Crippen molar-refractivity contribution in [2.45, 2.75) is 55.7 Å². The summed E-state index contributed by atoms with van der Waals surface area (Å²) in [4.78, 5) is 4.45. The molecule has 0 radical (unpaired) electrons. The maximum Gasteiger partial charge on any atom is 0.0950 e. The van der Waals surface area contributed by atoms with Crippen molar-refractivity contribution in [1.29, 1.82) is 0 Å². The Morgan fingerprint density at radius 2 is 1.89 bits per heavy atom. The molecule has 1 saturated heterocycles. The Hall–Kier alpha value is -0.480. The molecule has 0 amide bonds. The lowest BCUT2D eigenvalue weighted by atomic mass is 9.91. The summed E-state index contributed by atoms with van der Waals surface area (Å²) in [5.41, 5.74) is 1.49. The van der Waals surface area contributed by atoms with Crippen molar-refractivity contribution in [2.75, 3.05) is 19.3 Å². The fourth-order valence-electron chi connectivity index (χ4n) is 3.61. The van der Waals surface area contributed by atoms with E-state index < -0.39 is 0 Å². The third-order valence-electron chi connectivity index (χ3n) is 4.82. The van der Waals surface area contributed by atoms with Gasteiger partial charge in [0.25, 0.3) is 0 Å². The molecule has 0 atom stereocenters. The van der Waals surface area contributed by atoms with E-state index in [1.165, 1.54) is 44.2 Å². The van der Waals surface area contributed by atoms with Crippen molar-refractivity contribution in [2.24, 2.45) is 0 Å². The predicted molar refractivity (Wildman–Crippen MR) is 81.9 cm³/mol. The lowest BCUT2D eigenvalue weighted by Crippen LogP contribution is -2.28. The summed E-state index contributed by atoms with van der Waals surface area (Å²) in [5.74, 6) is 0.724. The second-order valence-electron chi connectivity index (χ2n) is 5.92. The summed E-state index contributed by atoms with van der Waals surface area (Å²) >= 11 is 2.04. The number of rotatable bonds is 3. The minimum Gasteiger partial charge on any atom is -0.331 e. The Balaban J connectivity index is 1.69. The maximum atomic E-state index is 4.45. The van der Waals surface area contributed by atoms with Crippen molar-refractivity contribution >= 4 is 11.8 Å². The molecule has 1 saturated carbocycles. The molecule has 0 spiro atoms. The molecule has 0 bridgehead atoms. The van der Waals surface area contributed by atoms with Gasteiger partial charge in [0.1, 0.15) is 0 Å². The van der Waals surface area contributed by atoms with Crippen molar-refractivity contribution in [3.05, 3.63) is 18.2 Å². The van der Waals surface area contributed by atoms with Crippen LogP contribution in [-0.2, 0) is 0 Å². The molecule has 4 heteroatoms. The minimum atomic E-state index is 0.704. The Morgan fingerprint density at radius 1 is 1.16 bits per heavy atom. The van der Waals surface area contributed by atoms with Crippen LogP contribution in [0.2, 0.25) is 0 Å². The fourth-order valence-corrected chi connectivity index (χ4v) is 4.36. The highest BCUT2D eigenvalue weighted by molar-refractivity contribution is 7.99. The van der Waals surface area contributed by atoms with Crippen molar-refractivity contribution in [3.63, 3.8) is 0 Å². The highest BCUT2D eigenvalue weighted by Gasteiger charge is 2.26. The Kier molecular flexibility index (Phi) is 4.49. The molecule has 106 valence electrons. The molecular formula is C15H25N3S. The third-order valence-corrected chi connectivity index (χ3v) is 5.96. The van der Waals surface area contributed by atoms with Crippen LogP contribution in [0.4, 0.5) is 0 Å². The first-order valence-electron chi connectivity index (χ1n) is 7.63. The van der Waals surface area contributed by atoms with Gasteiger partial charge >= 0.3 is 0 Å². The zero-order valence-electron chi connectivity index (χ0n) is 11.8. The van der Waals surface area contributed by atoms with Crippen LogP contribution in [0.15, 0.2) is 12.5 Å². The van der Waals surface area contributed by atoms with E-state index in [4.69, 9.17) is 0 Å². The third kappa shape index (κ3) is 3.00. The fraction of sp³-hybridized carbons (Fsp3) is 0.800. The first kappa shape index (κ1) is 13.5. The zero-order chi connectivity index (χ0) is 13.1. The molecule has 0 unspecified atom stereocenters. The van der Waals surface area contributed by atoms with E-state index in [-0.39, 0.29) is 0 Å². The van der Waals surface area contributed by atoms with Crippen LogP contribution in [0.1, 0.15) is 56.2 Å². The van der Waals surface area contributed by atoms with E-state index in [9.17, 15) is 0 Å². The zero-order valence-corrected chi connectivity index (χ0v) is 12.7. The van der Waals surface area contributed by atoms with Crippen molar-refractivity contribution < 1.29 is 0 Å². The van der Waals surface area contributed by atoms with Crippen LogP contribution < -0.4 is 5.32 Å². The summed E-state index contributed by atoms with van der Waals surface area (Å²) < 4.78 is 2.51. The number of piperidine rings is 1. The van der Waals surface area contributed by atoms with Gasteiger partial charge in [-0.15, -0.1) is 0 Å². The molecule has 2 fully saturated rings. The van der Waals surface area contributed by atoms with Crippen molar-refractivity contribution in [1.82, 2.24) is 14.9 Å². The number of nitrogens with one attached hydrogen (secondary N) is 1. The predicted octanol–water partition coefficient (Wildman–Crippen LogP) is 3.20. The van der Waals surface area contributed by atoms with Gasteiger partial charge in [-0.2, -0.15) is 11.8 Å². The van der Waals surface area contributed by atoms with Gasteiger partial charge in [-0.25, -0.2) is 4.98 Å². The van der Waals surface area contributed by atoms with Gasteiger partial charge in [0.2, 0.25) is 0 Å². The maximum absolute atomic E-state index is 4.45. The van der Waals surface area contributed by atoms with E-state index in [1.54, 1.807) is 0 Å². The smallest absolute Gasteiger partial charge is 0.0950 e. The van der Waals surface area contributed by atoms with E-state index in [0.717, 1.165) is 24.3 Å². The summed E-state index contributed by atoms with van der Waals surface area (Å²) in [6.45, 7) is 2.32. The molecule has 0 aromatic carbocycles. The van der Waals surface area contributed by atoms with Gasteiger partial charge in [-0.1, -0.05) is 0 Å². The van der Waals surface area contributed by atoms with Crippen LogP contribution in [0.25, 0.3) is 0 Å². The average molecular weight is 279 g/mol. The Bertz CT molecular complexity index is 390. The quantitative estimate of drug-likeness (QED) is 0.921. The molecule has 1 N–H and O–H groups in total. The summed E-state index contributed by atoms with van der Waals surface area (Å²) in [7, 11) is 0. The SMILES string of the molecule is CSC1CCC(n2cncc2C2CCNCC2)CC1. The van der Waals surface area contributed by atoms with Crippen LogP contribution >= 0.6 is 11.8 Å². The topological polar surface area (TPSA) is 29.9 Å². The number of imidazole rings is 1. The minimum absolute atomic E-state index is 0.704. The normalized spacial score (nSPS) is 29.5. The first-order chi connectivity index (χ1) is 9.38. The van der Waals surface area contributed by atoms with Gasteiger partial charge in [-0.3, -0.25) is 0 Å². The van der Waals surface area contributed by atoms with E-state index >= 15 is 0 Å². The highest BCUT2D eigenvalue weighted by Crippen LogP contribution is 2.36. The molecule has 1 aromatic heterocycles. The molecule has 19 heavy (non-hydrogen) atoms. The van der Waals surface area contributed by atoms with Gasteiger partial charge in [0.05, 0.1) is 6.33 Å². The monoisotopic (exact) mass is 279 g/mol. The lowest BCUT2D eigenvalue weighted by Gasteiger charge is -2.31. The molecule has 1 aliphatic heterocycles. The molecule has 1 aliphatic carbocycles. The molecule has 2 heterocycles. The Morgan fingerprint density at radius 3 is 2.58 bits per heavy atom. The second-order valence-corrected chi connectivity index (χ2v) is 7.05. The number of hydrogen-bond acceptors (Lipinski definition) is 3. The molecular weight excluding hydrogens is 254 g/mol. The average Bonchev–Trinajstić information content (AvgIpc) is 2.98. The lowest BCUT2D eigenvalue weighted by molar-refractivity contribution is 0.338. The van der Waals surface area contributed by atoms with Crippen LogP contribution in [0.3, 0.4) is 0 Å². The highest BCUT2D eigenvalue weighted by atomic mass is 32.2. The largest absolute Gasteiger partial charge is 0.331 e. The Labute approximate surface area is 120 Å². The van der Waals surface area contributed by atoms with Gasteiger partial charge in [0, 0.05) is 29.1 Å². The number of nitrogens with zero attached hydrogens (tertiary/aromatic N) is 2. The van der Waals surface area contributed by atoms with E-state index in [1.807, 2.05) is 11.8 Å². The van der Waals surface area contributed by atoms with E-state index in [0.29, 0.717) is 6.04 Å². The van der Waals surface area contributed by atoms with E-state index in [2.05, 4.69) is 33.6 Å². The molecule has 3 rings (SSSR count). The van der Waals surface area contributed by atoms with Gasteiger partial charge < -0.3 is 9.88 Å². The molecule has 2 aliphatic rings. The van der Waals surface area contributed by atoms with Crippen LogP contribution in [-0.4, -0.2) is 34.1 Å².